The van der Waals surface area contributed by atoms with Gasteiger partial charge >= 0.3 is 17.9 Å². The molecule has 0 aliphatic rings. The van der Waals surface area contributed by atoms with Crippen molar-refractivity contribution in [1.82, 2.24) is 0 Å². The molecule has 0 bridgehead atoms. The molecule has 0 amide bonds. The summed E-state index contributed by atoms with van der Waals surface area (Å²) in [6.45, 7) is 6.64. The minimum Gasteiger partial charge on any atom is -0.462 e. The maximum absolute atomic E-state index is 12.8. The lowest BCUT2D eigenvalue weighted by molar-refractivity contribution is -0.167. The van der Waals surface area contributed by atoms with Crippen LogP contribution >= 0.6 is 0 Å². The molecule has 6 heteroatoms. The van der Waals surface area contributed by atoms with Gasteiger partial charge in [0, 0.05) is 19.3 Å². The molecule has 0 saturated carbocycles. The van der Waals surface area contributed by atoms with E-state index >= 15 is 0 Å². The first-order valence-electron chi connectivity index (χ1n) is 30.8. The summed E-state index contributed by atoms with van der Waals surface area (Å²) in [6.07, 6.45) is 69.1. The van der Waals surface area contributed by atoms with E-state index in [1.165, 1.54) is 225 Å². The van der Waals surface area contributed by atoms with Crippen LogP contribution in [0.1, 0.15) is 342 Å². The van der Waals surface area contributed by atoms with Gasteiger partial charge in [-0.25, -0.2) is 0 Å². The SMILES string of the molecule is CCCCCC/C=C\C/C=C\CCCCCCCC(=O)OC(COC(=O)CCCCCCCCCCC)COC(=O)CCCCCCCCCCCCCCCCCCCCCCCCCCCC. The molecule has 406 valence electrons. The molecule has 1 atom stereocenters. The zero-order valence-corrected chi connectivity index (χ0v) is 46.6. The zero-order valence-electron chi connectivity index (χ0n) is 46.6. The van der Waals surface area contributed by atoms with Gasteiger partial charge in [-0.1, -0.05) is 295 Å². The van der Waals surface area contributed by atoms with Crippen molar-refractivity contribution >= 4 is 17.9 Å². The number of carbonyl (C=O) groups excluding carboxylic acids is 3. The van der Waals surface area contributed by atoms with E-state index in [1.807, 2.05) is 0 Å². The van der Waals surface area contributed by atoms with Gasteiger partial charge in [0.05, 0.1) is 0 Å². The van der Waals surface area contributed by atoms with E-state index in [0.717, 1.165) is 77.0 Å². The summed E-state index contributed by atoms with van der Waals surface area (Å²) in [6, 6.07) is 0. The molecule has 0 aromatic heterocycles. The predicted octanol–water partition coefficient (Wildman–Crippen LogP) is 20.7. The average molecular weight is 972 g/mol. The van der Waals surface area contributed by atoms with Crippen LogP contribution in [0.15, 0.2) is 24.3 Å². The van der Waals surface area contributed by atoms with Crippen molar-refractivity contribution in [2.45, 2.75) is 348 Å². The smallest absolute Gasteiger partial charge is 0.306 e. The fourth-order valence-electron chi connectivity index (χ4n) is 9.30. The van der Waals surface area contributed by atoms with Crippen LogP contribution in [0.25, 0.3) is 0 Å². The highest BCUT2D eigenvalue weighted by Gasteiger charge is 2.19. The molecule has 1 unspecified atom stereocenters. The van der Waals surface area contributed by atoms with Gasteiger partial charge in [-0.2, -0.15) is 0 Å². The fraction of sp³-hybridized carbons (Fsp3) is 0.889. The molecule has 6 nitrogen and oxygen atoms in total. The highest BCUT2D eigenvalue weighted by atomic mass is 16.6. The Morgan fingerprint density at radius 2 is 0.522 bits per heavy atom. The van der Waals surface area contributed by atoms with Crippen molar-refractivity contribution in [2.75, 3.05) is 13.2 Å². The van der Waals surface area contributed by atoms with Crippen molar-refractivity contribution in [3.8, 4) is 0 Å². The Balaban J connectivity index is 4.13. The second kappa shape index (κ2) is 58.5. The van der Waals surface area contributed by atoms with Crippen LogP contribution < -0.4 is 0 Å². The summed E-state index contributed by atoms with van der Waals surface area (Å²) < 4.78 is 16.8. The fourth-order valence-corrected chi connectivity index (χ4v) is 9.30. The molecule has 0 heterocycles. The number of ether oxygens (including phenoxy) is 3. The third-order valence-electron chi connectivity index (χ3n) is 14.0. The number of carbonyl (C=O) groups is 3. The Morgan fingerprint density at radius 3 is 0.812 bits per heavy atom. The van der Waals surface area contributed by atoms with E-state index in [2.05, 4.69) is 45.1 Å². The van der Waals surface area contributed by atoms with E-state index in [1.54, 1.807) is 0 Å². The van der Waals surface area contributed by atoms with Gasteiger partial charge in [-0.15, -0.1) is 0 Å². The van der Waals surface area contributed by atoms with Crippen molar-refractivity contribution in [3.05, 3.63) is 24.3 Å². The first kappa shape index (κ1) is 66.9. The van der Waals surface area contributed by atoms with E-state index in [9.17, 15) is 14.4 Å². The lowest BCUT2D eigenvalue weighted by Gasteiger charge is -2.18. The summed E-state index contributed by atoms with van der Waals surface area (Å²) in [5.74, 6) is -0.867. The van der Waals surface area contributed by atoms with Gasteiger partial charge in [0.1, 0.15) is 13.2 Å². The normalized spacial score (nSPS) is 12.1. The largest absolute Gasteiger partial charge is 0.462 e. The minimum atomic E-state index is -0.773. The predicted molar refractivity (Wildman–Crippen MR) is 298 cm³/mol. The lowest BCUT2D eigenvalue weighted by Crippen LogP contribution is -2.30. The topological polar surface area (TPSA) is 78.9 Å². The molecular formula is C63H118O6. The molecule has 0 radical (unpaired) electrons. The molecule has 0 aliphatic carbocycles. The molecule has 0 saturated heterocycles. The molecule has 0 aliphatic heterocycles. The van der Waals surface area contributed by atoms with Crippen molar-refractivity contribution < 1.29 is 28.6 Å². The lowest BCUT2D eigenvalue weighted by atomic mass is 10.0. The van der Waals surface area contributed by atoms with E-state index in [-0.39, 0.29) is 31.1 Å². The van der Waals surface area contributed by atoms with Gasteiger partial charge in [0.25, 0.3) is 0 Å². The monoisotopic (exact) mass is 971 g/mol. The quantitative estimate of drug-likeness (QED) is 0.0261. The van der Waals surface area contributed by atoms with Crippen LogP contribution in [-0.2, 0) is 28.6 Å². The van der Waals surface area contributed by atoms with Crippen LogP contribution in [0.3, 0.4) is 0 Å². The molecule has 0 aromatic carbocycles. The second-order valence-corrected chi connectivity index (χ2v) is 21.0. The molecule has 0 N–H and O–H groups in total. The maximum atomic E-state index is 12.8. The Morgan fingerprint density at radius 1 is 0.290 bits per heavy atom. The molecule has 69 heavy (non-hydrogen) atoms. The second-order valence-electron chi connectivity index (χ2n) is 21.0. The molecular weight excluding hydrogens is 853 g/mol. The zero-order chi connectivity index (χ0) is 50.0. The number of rotatable bonds is 57. The third kappa shape index (κ3) is 56.7. The van der Waals surface area contributed by atoms with E-state index < -0.39 is 6.10 Å². The van der Waals surface area contributed by atoms with Crippen LogP contribution in [-0.4, -0.2) is 37.2 Å². The number of hydrogen-bond acceptors (Lipinski definition) is 6. The maximum Gasteiger partial charge on any atom is 0.306 e. The van der Waals surface area contributed by atoms with Crippen LogP contribution in [0, 0.1) is 0 Å². The number of esters is 3. The van der Waals surface area contributed by atoms with Gasteiger partial charge in [0.2, 0.25) is 0 Å². The number of hydrogen-bond donors (Lipinski definition) is 0. The molecule has 0 spiro atoms. The van der Waals surface area contributed by atoms with E-state index in [4.69, 9.17) is 14.2 Å². The number of allylic oxidation sites excluding steroid dienone is 4. The summed E-state index contributed by atoms with van der Waals surface area (Å²) in [7, 11) is 0. The standard InChI is InChI=1S/C63H118O6/c1-4-7-10-13-16-19-21-23-25-27-28-29-30-31-32-33-34-35-36-38-39-41-44-47-50-53-56-62(65)68-59-60(58-67-61(64)55-52-49-46-43-18-15-12-9-6-3)69-63(66)57-54-51-48-45-42-40-37-26-24-22-20-17-14-11-8-5-2/h20,22,26,37,60H,4-19,21,23-25,27-36,38-59H2,1-3H3/b22-20-,37-26-. The average Bonchev–Trinajstić information content (AvgIpc) is 3.35. The molecule has 0 fully saturated rings. The van der Waals surface area contributed by atoms with Gasteiger partial charge < -0.3 is 14.2 Å². The van der Waals surface area contributed by atoms with E-state index in [0.29, 0.717) is 19.3 Å². The third-order valence-corrected chi connectivity index (χ3v) is 14.0. The summed E-state index contributed by atoms with van der Waals surface area (Å²) >= 11 is 0. The Labute approximate surface area is 430 Å². The first-order valence-corrected chi connectivity index (χ1v) is 30.8. The van der Waals surface area contributed by atoms with Crippen molar-refractivity contribution in [1.29, 1.82) is 0 Å². The Hall–Kier alpha value is -2.11. The molecule has 0 rings (SSSR count). The Kier molecular flexibility index (Phi) is 56.7. The van der Waals surface area contributed by atoms with Crippen LogP contribution in [0.5, 0.6) is 0 Å². The summed E-state index contributed by atoms with van der Waals surface area (Å²) in [5, 5.41) is 0. The van der Waals surface area contributed by atoms with Gasteiger partial charge in [-0.3, -0.25) is 14.4 Å². The minimum absolute atomic E-state index is 0.0718. The number of unbranched alkanes of at least 4 members (excludes halogenated alkanes) is 42. The highest BCUT2D eigenvalue weighted by Crippen LogP contribution is 2.18. The summed E-state index contributed by atoms with van der Waals surface area (Å²) in [4.78, 5) is 38.1. The van der Waals surface area contributed by atoms with Crippen molar-refractivity contribution in [2.24, 2.45) is 0 Å². The first-order chi connectivity index (χ1) is 34.0. The molecule has 0 aromatic rings. The highest BCUT2D eigenvalue weighted by molar-refractivity contribution is 5.71. The van der Waals surface area contributed by atoms with Crippen molar-refractivity contribution in [3.63, 3.8) is 0 Å². The van der Waals surface area contributed by atoms with Gasteiger partial charge in [-0.05, 0) is 51.4 Å². The summed E-state index contributed by atoms with van der Waals surface area (Å²) in [5.41, 5.74) is 0. The van der Waals surface area contributed by atoms with Gasteiger partial charge in [0.15, 0.2) is 6.10 Å². The Bertz CT molecular complexity index is 1110. The van der Waals surface area contributed by atoms with Crippen LogP contribution in [0.2, 0.25) is 0 Å². The van der Waals surface area contributed by atoms with Crippen LogP contribution in [0.4, 0.5) is 0 Å².